The maximum absolute atomic E-state index is 5.41. The number of hydrogen-bond acceptors (Lipinski definition) is 5. The third kappa shape index (κ3) is 3.01. The van der Waals surface area contributed by atoms with Gasteiger partial charge in [0.05, 0.1) is 13.7 Å². The number of aromatic nitrogens is 4. The average molecular weight is 233 g/mol. The first-order valence-corrected chi connectivity index (χ1v) is 5.41. The van der Waals surface area contributed by atoms with Gasteiger partial charge in [-0.1, -0.05) is 12.1 Å². The van der Waals surface area contributed by atoms with Crippen LogP contribution in [0.4, 0.5) is 0 Å². The molecule has 0 spiro atoms. The van der Waals surface area contributed by atoms with Crippen molar-refractivity contribution in [1.82, 2.24) is 20.2 Å². The molecule has 1 aromatic heterocycles. The van der Waals surface area contributed by atoms with E-state index in [0.717, 1.165) is 11.3 Å². The first-order chi connectivity index (χ1) is 8.31. The van der Waals surface area contributed by atoms with Gasteiger partial charge in [-0.15, -0.1) is 10.2 Å². The molecule has 1 aromatic carbocycles. The molecule has 0 unspecified atom stereocenters. The summed E-state index contributed by atoms with van der Waals surface area (Å²) in [5, 5.41) is 12.1. The zero-order valence-electron chi connectivity index (χ0n) is 9.71. The first kappa shape index (κ1) is 11.5. The topological polar surface area (TPSA) is 78.9 Å². The fourth-order valence-electron chi connectivity index (χ4n) is 1.48. The Balaban J connectivity index is 2.03. The van der Waals surface area contributed by atoms with Crippen molar-refractivity contribution >= 4 is 0 Å². The number of methoxy groups -OCH3 is 1. The van der Waals surface area contributed by atoms with Gasteiger partial charge in [0.1, 0.15) is 5.75 Å². The van der Waals surface area contributed by atoms with Gasteiger partial charge < -0.3 is 10.5 Å². The second-order valence-electron chi connectivity index (χ2n) is 3.62. The highest BCUT2D eigenvalue weighted by molar-refractivity contribution is 5.28. The second kappa shape index (κ2) is 5.40. The van der Waals surface area contributed by atoms with Gasteiger partial charge in [-0.05, 0) is 22.9 Å². The molecule has 2 N–H and O–H groups in total. The number of hydrogen-bond donors (Lipinski definition) is 1. The van der Waals surface area contributed by atoms with E-state index in [2.05, 4.69) is 15.4 Å². The lowest BCUT2D eigenvalue weighted by Gasteiger charge is -2.00. The van der Waals surface area contributed by atoms with E-state index in [-0.39, 0.29) is 0 Å². The normalized spacial score (nSPS) is 10.5. The predicted octanol–water partition coefficient (Wildman–Crippen LogP) is 0.231. The molecule has 6 nitrogen and oxygen atoms in total. The summed E-state index contributed by atoms with van der Waals surface area (Å²) in [6, 6.07) is 7.81. The highest BCUT2D eigenvalue weighted by Gasteiger charge is 2.03. The first-order valence-electron chi connectivity index (χ1n) is 5.41. The zero-order chi connectivity index (χ0) is 12.1. The lowest BCUT2D eigenvalue weighted by Crippen LogP contribution is -2.12. The Kier molecular flexibility index (Phi) is 3.66. The Labute approximate surface area is 99.4 Å². The molecule has 17 heavy (non-hydrogen) atoms. The molecule has 0 saturated carbocycles. The minimum Gasteiger partial charge on any atom is -0.497 e. The largest absolute Gasteiger partial charge is 0.497 e. The van der Waals surface area contributed by atoms with Crippen LogP contribution in [0.2, 0.25) is 0 Å². The van der Waals surface area contributed by atoms with Gasteiger partial charge in [0, 0.05) is 13.0 Å². The van der Waals surface area contributed by atoms with Crippen LogP contribution in [0.1, 0.15) is 11.4 Å². The lowest BCUT2D eigenvalue weighted by molar-refractivity contribution is 0.414. The van der Waals surface area contributed by atoms with Crippen molar-refractivity contribution in [3.8, 4) is 5.75 Å². The molecular formula is C11H15N5O. The minimum atomic E-state index is 0.512. The maximum atomic E-state index is 5.41. The van der Waals surface area contributed by atoms with Crippen LogP contribution in [0.15, 0.2) is 24.3 Å². The van der Waals surface area contributed by atoms with Crippen molar-refractivity contribution in [2.24, 2.45) is 5.73 Å². The van der Waals surface area contributed by atoms with E-state index < -0.39 is 0 Å². The number of tetrazole rings is 1. The van der Waals surface area contributed by atoms with E-state index in [4.69, 9.17) is 10.5 Å². The van der Waals surface area contributed by atoms with Crippen LogP contribution in [-0.2, 0) is 13.0 Å². The molecular weight excluding hydrogens is 218 g/mol. The van der Waals surface area contributed by atoms with Gasteiger partial charge in [0.15, 0.2) is 5.82 Å². The van der Waals surface area contributed by atoms with Gasteiger partial charge in [-0.2, -0.15) is 4.80 Å². The SMILES string of the molecule is COc1ccc(Cc2nnn(CCN)n2)cc1. The molecule has 0 aliphatic heterocycles. The van der Waals surface area contributed by atoms with E-state index in [0.29, 0.717) is 25.3 Å². The smallest absolute Gasteiger partial charge is 0.179 e. The molecule has 0 saturated heterocycles. The highest BCUT2D eigenvalue weighted by atomic mass is 16.5. The van der Waals surface area contributed by atoms with Crippen molar-refractivity contribution in [3.63, 3.8) is 0 Å². The molecule has 0 bridgehead atoms. The van der Waals surface area contributed by atoms with Gasteiger partial charge in [0.2, 0.25) is 0 Å². The molecule has 0 amide bonds. The highest BCUT2D eigenvalue weighted by Crippen LogP contribution is 2.12. The molecule has 0 aliphatic carbocycles. The van der Waals surface area contributed by atoms with E-state index in [1.807, 2.05) is 24.3 Å². The lowest BCUT2D eigenvalue weighted by atomic mass is 10.1. The van der Waals surface area contributed by atoms with Gasteiger partial charge in [0.25, 0.3) is 0 Å². The zero-order valence-corrected chi connectivity index (χ0v) is 9.71. The van der Waals surface area contributed by atoms with Crippen molar-refractivity contribution < 1.29 is 4.74 Å². The molecule has 0 radical (unpaired) electrons. The fourth-order valence-corrected chi connectivity index (χ4v) is 1.48. The van der Waals surface area contributed by atoms with Crippen molar-refractivity contribution in [3.05, 3.63) is 35.7 Å². The molecule has 2 rings (SSSR count). The van der Waals surface area contributed by atoms with Crippen LogP contribution in [0, 0.1) is 0 Å². The molecule has 0 fully saturated rings. The quantitative estimate of drug-likeness (QED) is 0.799. The number of rotatable bonds is 5. The Morgan fingerprint density at radius 3 is 2.71 bits per heavy atom. The predicted molar refractivity (Wildman–Crippen MR) is 62.7 cm³/mol. The number of nitrogens with two attached hydrogens (primary N) is 1. The van der Waals surface area contributed by atoms with Crippen LogP contribution in [0.5, 0.6) is 5.75 Å². The molecule has 6 heteroatoms. The average Bonchev–Trinajstić information content (AvgIpc) is 2.78. The Bertz CT molecular complexity index is 465. The summed E-state index contributed by atoms with van der Waals surface area (Å²) in [6.45, 7) is 1.11. The molecule has 0 aliphatic rings. The summed E-state index contributed by atoms with van der Waals surface area (Å²) in [7, 11) is 1.65. The molecule has 0 atom stereocenters. The Morgan fingerprint density at radius 1 is 1.29 bits per heavy atom. The minimum absolute atomic E-state index is 0.512. The number of ether oxygens (including phenoxy) is 1. The third-order valence-electron chi connectivity index (χ3n) is 2.34. The van der Waals surface area contributed by atoms with Crippen LogP contribution in [0.25, 0.3) is 0 Å². The van der Waals surface area contributed by atoms with Crippen molar-refractivity contribution in [1.29, 1.82) is 0 Å². The van der Waals surface area contributed by atoms with Gasteiger partial charge in [-0.3, -0.25) is 0 Å². The van der Waals surface area contributed by atoms with E-state index >= 15 is 0 Å². The monoisotopic (exact) mass is 233 g/mol. The summed E-state index contributed by atoms with van der Waals surface area (Å²) in [5.74, 6) is 1.54. The van der Waals surface area contributed by atoms with Crippen LogP contribution >= 0.6 is 0 Å². The van der Waals surface area contributed by atoms with Crippen molar-refractivity contribution in [2.45, 2.75) is 13.0 Å². The van der Waals surface area contributed by atoms with Gasteiger partial charge in [-0.25, -0.2) is 0 Å². The van der Waals surface area contributed by atoms with Crippen LogP contribution in [-0.4, -0.2) is 33.9 Å². The summed E-state index contributed by atoms with van der Waals surface area (Å²) in [6.07, 6.45) is 0.661. The van der Waals surface area contributed by atoms with Gasteiger partial charge >= 0.3 is 0 Å². The van der Waals surface area contributed by atoms with E-state index in [9.17, 15) is 0 Å². The van der Waals surface area contributed by atoms with E-state index in [1.54, 1.807) is 7.11 Å². The summed E-state index contributed by atoms with van der Waals surface area (Å²) < 4.78 is 5.09. The fraction of sp³-hybridized carbons (Fsp3) is 0.364. The summed E-state index contributed by atoms with van der Waals surface area (Å²) in [5.41, 5.74) is 6.54. The molecule has 1 heterocycles. The third-order valence-corrected chi connectivity index (χ3v) is 2.34. The van der Waals surface area contributed by atoms with Crippen LogP contribution in [0.3, 0.4) is 0 Å². The molecule has 90 valence electrons. The summed E-state index contributed by atoms with van der Waals surface area (Å²) in [4.78, 5) is 1.51. The number of benzene rings is 1. The molecule has 2 aromatic rings. The number of nitrogens with zero attached hydrogens (tertiary/aromatic N) is 4. The maximum Gasteiger partial charge on any atom is 0.179 e. The van der Waals surface area contributed by atoms with Crippen molar-refractivity contribution in [2.75, 3.05) is 13.7 Å². The van der Waals surface area contributed by atoms with Crippen LogP contribution < -0.4 is 10.5 Å². The standard InChI is InChI=1S/C11H15N5O/c1-17-10-4-2-9(3-5-10)8-11-13-15-16(14-11)7-6-12/h2-5H,6-8,12H2,1H3. The Morgan fingerprint density at radius 2 is 2.06 bits per heavy atom. The van der Waals surface area contributed by atoms with E-state index in [1.165, 1.54) is 4.80 Å². The Hall–Kier alpha value is -1.95. The second-order valence-corrected chi connectivity index (χ2v) is 3.62. The summed E-state index contributed by atoms with van der Waals surface area (Å²) >= 11 is 0.